The van der Waals surface area contributed by atoms with Gasteiger partial charge in [0.15, 0.2) is 5.78 Å². The highest BCUT2D eigenvalue weighted by Crippen LogP contribution is 2.11. The van der Waals surface area contributed by atoms with Gasteiger partial charge in [0, 0.05) is 57.7 Å². The van der Waals surface area contributed by atoms with E-state index in [1.54, 1.807) is 6.92 Å². The second-order valence-corrected chi connectivity index (χ2v) is 8.22. The van der Waals surface area contributed by atoms with Crippen LogP contribution in [-0.4, -0.2) is 97.0 Å². The van der Waals surface area contributed by atoms with Gasteiger partial charge in [-0.1, -0.05) is 6.92 Å². The molecular weight excluding hydrogens is 436 g/mol. The molecule has 12 heteroatoms. The molecule has 7 N–H and O–H groups in total. The van der Waals surface area contributed by atoms with Crippen LogP contribution in [0.4, 0.5) is 0 Å². The summed E-state index contributed by atoms with van der Waals surface area (Å²) in [6, 6.07) is 0. The summed E-state index contributed by atoms with van der Waals surface area (Å²) in [5.41, 5.74) is 16.5. The van der Waals surface area contributed by atoms with Crippen LogP contribution in [0.15, 0.2) is 0 Å². The van der Waals surface area contributed by atoms with Crippen LogP contribution in [0, 0.1) is 5.92 Å². The van der Waals surface area contributed by atoms with E-state index in [1.807, 2.05) is 6.26 Å². The number of nitrogens with two attached hydrogens (primary N) is 3. The van der Waals surface area contributed by atoms with Gasteiger partial charge < -0.3 is 32.3 Å². The summed E-state index contributed by atoms with van der Waals surface area (Å²) >= 11 is 1.41. The molecule has 32 heavy (non-hydrogen) atoms. The molecule has 0 saturated carbocycles. The Hall–Kier alpha value is -2.18. The number of ketones is 1. The lowest BCUT2D eigenvalue weighted by Gasteiger charge is -2.27. The number of Topliss-reactive ketones (excluding diaryl/α,β-unsaturated/α-hetero) is 1. The predicted octanol–water partition coefficient (Wildman–Crippen LogP) is -1.71. The Morgan fingerprint density at radius 2 is 1.56 bits per heavy atom. The fourth-order valence-corrected chi connectivity index (χ4v) is 3.59. The number of thioether (sulfide) groups is 1. The molecule has 0 aliphatic rings. The van der Waals surface area contributed by atoms with E-state index in [0.29, 0.717) is 25.1 Å². The number of primary amides is 1. The molecule has 0 aromatic rings. The molecule has 0 rings (SSSR count). The number of hydrogen-bond acceptors (Lipinski definition) is 8. The van der Waals surface area contributed by atoms with Crippen molar-refractivity contribution >= 4 is 41.2 Å². The van der Waals surface area contributed by atoms with E-state index in [9.17, 15) is 24.0 Å². The fraction of sp³-hybridized carbons (Fsp3) is 0.750. The Morgan fingerprint density at radius 1 is 0.969 bits per heavy atom. The van der Waals surface area contributed by atoms with Gasteiger partial charge in [0.1, 0.15) is 0 Å². The minimum absolute atomic E-state index is 0.0561. The molecule has 0 fully saturated rings. The summed E-state index contributed by atoms with van der Waals surface area (Å²) in [5, 5.41) is 2.69. The van der Waals surface area contributed by atoms with Crippen LogP contribution in [-0.2, 0) is 24.0 Å². The van der Waals surface area contributed by atoms with Crippen molar-refractivity contribution < 1.29 is 24.0 Å². The van der Waals surface area contributed by atoms with Crippen molar-refractivity contribution in [3.63, 3.8) is 0 Å². The Balaban J connectivity index is 4.93. The van der Waals surface area contributed by atoms with E-state index in [2.05, 4.69) is 5.32 Å². The maximum absolute atomic E-state index is 12.8. The maximum atomic E-state index is 12.8. The summed E-state index contributed by atoms with van der Waals surface area (Å²) in [7, 11) is 0. The van der Waals surface area contributed by atoms with E-state index in [-0.39, 0.29) is 69.7 Å². The zero-order chi connectivity index (χ0) is 24.5. The first-order valence-electron chi connectivity index (χ1n) is 10.7. The van der Waals surface area contributed by atoms with Gasteiger partial charge in [-0.2, -0.15) is 11.8 Å². The average Bonchev–Trinajstić information content (AvgIpc) is 2.75. The molecule has 0 spiro atoms. The van der Waals surface area contributed by atoms with Crippen LogP contribution in [0.1, 0.15) is 32.6 Å². The highest BCUT2D eigenvalue weighted by atomic mass is 32.2. The van der Waals surface area contributed by atoms with Gasteiger partial charge >= 0.3 is 0 Å². The van der Waals surface area contributed by atoms with E-state index in [0.717, 1.165) is 0 Å². The summed E-state index contributed by atoms with van der Waals surface area (Å²) in [4.78, 5) is 63.1. The number of carbonyl (C=O) groups excluding carboxylic acids is 5. The smallest absolute Gasteiger partial charge is 0.242 e. The summed E-state index contributed by atoms with van der Waals surface area (Å²) < 4.78 is 0. The van der Waals surface area contributed by atoms with E-state index in [1.165, 1.54) is 21.6 Å². The summed E-state index contributed by atoms with van der Waals surface area (Å²) in [5.74, 6) is -1.82. The Bertz CT molecular complexity index is 634. The van der Waals surface area contributed by atoms with Gasteiger partial charge in [-0.3, -0.25) is 24.0 Å². The lowest BCUT2D eigenvalue weighted by Crippen LogP contribution is -2.47. The van der Waals surface area contributed by atoms with Crippen LogP contribution in [0.2, 0.25) is 0 Å². The van der Waals surface area contributed by atoms with Gasteiger partial charge in [-0.25, -0.2) is 0 Å². The number of hydrogen-bond donors (Lipinski definition) is 4. The molecule has 4 amide bonds. The molecule has 1 unspecified atom stereocenters. The van der Waals surface area contributed by atoms with E-state index >= 15 is 0 Å². The predicted molar refractivity (Wildman–Crippen MR) is 124 cm³/mol. The number of carbonyl (C=O) groups is 5. The van der Waals surface area contributed by atoms with Gasteiger partial charge in [0.05, 0.1) is 19.0 Å². The summed E-state index contributed by atoms with van der Waals surface area (Å²) in [6.07, 6.45) is 2.72. The average molecular weight is 475 g/mol. The molecule has 0 aliphatic heterocycles. The largest absolute Gasteiger partial charge is 0.369 e. The van der Waals surface area contributed by atoms with Gasteiger partial charge in [-0.05, 0) is 12.7 Å². The first kappa shape index (κ1) is 29.8. The zero-order valence-electron chi connectivity index (χ0n) is 19.1. The lowest BCUT2D eigenvalue weighted by molar-refractivity contribution is -0.142. The van der Waals surface area contributed by atoms with Gasteiger partial charge in [0.2, 0.25) is 23.6 Å². The second-order valence-electron chi connectivity index (χ2n) is 7.31. The SMILES string of the molecule is CCC(=O)NCCCC(=O)N(CCN)CC(=O)N(CCN)CC(=O)CC(CSC)C(N)=O. The quantitative estimate of drug-likeness (QED) is 0.169. The molecule has 0 bridgehead atoms. The lowest BCUT2D eigenvalue weighted by atomic mass is 10.0. The van der Waals surface area contributed by atoms with Crippen molar-refractivity contribution in [2.75, 3.05) is 57.8 Å². The van der Waals surface area contributed by atoms with E-state index in [4.69, 9.17) is 17.2 Å². The van der Waals surface area contributed by atoms with Crippen molar-refractivity contribution in [2.45, 2.75) is 32.6 Å². The maximum Gasteiger partial charge on any atom is 0.242 e. The van der Waals surface area contributed by atoms with Gasteiger partial charge in [-0.15, -0.1) is 0 Å². The van der Waals surface area contributed by atoms with Crippen molar-refractivity contribution in [1.82, 2.24) is 15.1 Å². The Kier molecular flexibility index (Phi) is 16.2. The van der Waals surface area contributed by atoms with Crippen molar-refractivity contribution in [3.05, 3.63) is 0 Å². The zero-order valence-corrected chi connectivity index (χ0v) is 20.0. The molecular formula is C20H38N6O5S. The molecule has 0 saturated heterocycles. The minimum atomic E-state index is -0.601. The Morgan fingerprint density at radius 3 is 2.06 bits per heavy atom. The molecule has 0 radical (unpaired) electrons. The van der Waals surface area contributed by atoms with Crippen molar-refractivity contribution in [1.29, 1.82) is 0 Å². The van der Waals surface area contributed by atoms with Crippen LogP contribution in [0.25, 0.3) is 0 Å². The second kappa shape index (κ2) is 17.4. The number of nitrogens with zero attached hydrogens (tertiary/aromatic N) is 2. The first-order chi connectivity index (χ1) is 15.2. The highest BCUT2D eigenvalue weighted by molar-refractivity contribution is 7.98. The third kappa shape index (κ3) is 12.6. The third-order valence-corrected chi connectivity index (χ3v) is 5.39. The molecule has 0 heterocycles. The van der Waals surface area contributed by atoms with Crippen LogP contribution in [0.3, 0.4) is 0 Å². The number of nitrogens with one attached hydrogen (secondary N) is 1. The molecule has 184 valence electrons. The topological polar surface area (TPSA) is 182 Å². The molecule has 11 nitrogen and oxygen atoms in total. The Labute approximate surface area is 194 Å². The molecule has 1 atom stereocenters. The number of amides is 4. The monoisotopic (exact) mass is 474 g/mol. The normalized spacial score (nSPS) is 11.5. The molecule has 0 aromatic carbocycles. The number of rotatable bonds is 18. The van der Waals surface area contributed by atoms with Crippen LogP contribution >= 0.6 is 11.8 Å². The molecule has 0 aromatic heterocycles. The minimum Gasteiger partial charge on any atom is -0.369 e. The molecule has 0 aliphatic carbocycles. The third-order valence-electron chi connectivity index (χ3n) is 4.65. The van der Waals surface area contributed by atoms with Crippen molar-refractivity contribution in [2.24, 2.45) is 23.1 Å². The standard InChI is InChI=1S/C20H38N6O5S/c1-3-17(28)24-8-4-5-18(29)26(10-7-22)13-19(30)25(9-6-21)12-16(27)11-15(14-32-2)20(23)31/h15H,3-14,21-22H2,1-2H3,(H2,23,31)(H,24,28). The van der Waals surface area contributed by atoms with Crippen molar-refractivity contribution in [3.8, 4) is 0 Å². The van der Waals surface area contributed by atoms with Crippen LogP contribution in [0.5, 0.6) is 0 Å². The highest BCUT2D eigenvalue weighted by Gasteiger charge is 2.24. The van der Waals surface area contributed by atoms with E-state index < -0.39 is 17.7 Å². The van der Waals surface area contributed by atoms with Gasteiger partial charge in [0.25, 0.3) is 0 Å². The summed E-state index contributed by atoms with van der Waals surface area (Å²) in [6.45, 7) is 2.32. The fourth-order valence-electron chi connectivity index (χ4n) is 2.90. The first-order valence-corrected chi connectivity index (χ1v) is 12.1. The van der Waals surface area contributed by atoms with Crippen LogP contribution < -0.4 is 22.5 Å².